The molecule has 114 valence electrons. The van der Waals surface area contributed by atoms with Crippen LogP contribution in [0.15, 0.2) is 24.3 Å². The molecule has 2 fully saturated rings. The lowest BCUT2D eigenvalue weighted by Crippen LogP contribution is -2.49. The minimum atomic E-state index is -0.323. The molecule has 0 saturated carbocycles. The number of nitrogens with zero attached hydrogens (tertiary/aromatic N) is 1. The van der Waals surface area contributed by atoms with Crippen LogP contribution >= 0.6 is 12.4 Å². The highest BCUT2D eigenvalue weighted by Crippen LogP contribution is 2.27. The zero-order chi connectivity index (χ0) is 13.9. The van der Waals surface area contributed by atoms with Gasteiger partial charge in [0.1, 0.15) is 0 Å². The summed E-state index contributed by atoms with van der Waals surface area (Å²) >= 11 is 0. The summed E-state index contributed by atoms with van der Waals surface area (Å²) in [5, 5.41) is 5.71. The Balaban J connectivity index is 0.00000161. The number of amides is 3. The monoisotopic (exact) mass is 309 g/mol. The lowest BCUT2D eigenvalue weighted by Gasteiger charge is -2.27. The van der Waals surface area contributed by atoms with Gasteiger partial charge in [-0.2, -0.15) is 0 Å². The minimum absolute atomic E-state index is 0. The molecule has 3 rings (SSSR count). The van der Waals surface area contributed by atoms with Crippen LogP contribution in [0.5, 0.6) is 0 Å². The summed E-state index contributed by atoms with van der Waals surface area (Å²) < 4.78 is 0. The highest BCUT2D eigenvalue weighted by atomic mass is 35.5. The van der Waals surface area contributed by atoms with Gasteiger partial charge in [0.2, 0.25) is 5.91 Å². The zero-order valence-corrected chi connectivity index (χ0v) is 12.6. The first kappa shape index (κ1) is 15.8. The Hall–Kier alpha value is -1.59. The Bertz CT molecular complexity index is 512. The molecular formula is C15H20ClN3O2. The third-order valence-electron chi connectivity index (χ3n) is 4.07. The van der Waals surface area contributed by atoms with E-state index in [2.05, 4.69) is 22.8 Å². The second-order valence-corrected chi connectivity index (χ2v) is 5.37. The standard InChI is InChI=1S/C15H19N3O2.ClH/c19-14-7-10-18(15(20)17-14)13-3-1-11(2-4-13)12-5-8-16-9-6-12;/h1-4,12,16H,5-10H2,(H,17,19,20);1H. The van der Waals surface area contributed by atoms with Crippen molar-refractivity contribution in [3.63, 3.8) is 0 Å². The predicted octanol–water partition coefficient (Wildman–Crippen LogP) is 2.02. The van der Waals surface area contributed by atoms with Gasteiger partial charge in [0, 0.05) is 18.7 Å². The second kappa shape index (κ2) is 6.91. The highest BCUT2D eigenvalue weighted by molar-refractivity contribution is 6.05. The van der Waals surface area contributed by atoms with Crippen molar-refractivity contribution in [2.24, 2.45) is 0 Å². The van der Waals surface area contributed by atoms with E-state index in [1.54, 1.807) is 4.90 Å². The summed E-state index contributed by atoms with van der Waals surface area (Å²) in [7, 11) is 0. The maximum absolute atomic E-state index is 11.8. The smallest absolute Gasteiger partial charge is 0.317 e. The SMILES string of the molecule is Cl.O=C1CCN(c2ccc(C3CCNCC3)cc2)C(=O)N1. The summed E-state index contributed by atoms with van der Waals surface area (Å²) in [5.41, 5.74) is 2.19. The van der Waals surface area contributed by atoms with Crippen molar-refractivity contribution in [3.05, 3.63) is 29.8 Å². The lowest BCUT2D eigenvalue weighted by atomic mass is 9.90. The van der Waals surface area contributed by atoms with E-state index in [4.69, 9.17) is 0 Å². The van der Waals surface area contributed by atoms with Gasteiger partial charge in [0.25, 0.3) is 0 Å². The van der Waals surface area contributed by atoms with Crippen LogP contribution in [0.4, 0.5) is 10.5 Å². The van der Waals surface area contributed by atoms with Crippen LogP contribution in [-0.4, -0.2) is 31.6 Å². The molecule has 3 amide bonds. The molecular weight excluding hydrogens is 290 g/mol. The van der Waals surface area contributed by atoms with E-state index in [0.717, 1.165) is 31.6 Å². The fourth-order valence-corrected chi connectivity index (χ4v) is 2.89. The van der Waals surface area contributed by atoms with Crippen molar-refractivity contribution in [2.75, 3.05) is 24.5 Å². The average molecular weight is 310 g/mol. The van der Waals surface area contributed by atoms with Gasteiger partial charge in [-0.15, -0.1) is 12.4 Å². The van der Waals surface area contributed by atoms with Crippen molar-refractivity contribution < 1.29 is 9.59 Å². The molecule has 5 nitrogen and oxygen atoms in total. The first-order chi connectivity index (χ1) is 9.74. The van der Waals surface area contributed by atoms with Gasteiger partial charge in [0.05, 0.1) is 0 Å². The number of imide groups is 1. The van der Waals surface area contributed by atoms with Gasteiger partial charge in [-0.3, -0.25) is 15.0 Å². The van der Waals surface area contributed by atoms with Crippen molar-refractivity contribution in [2.45, 2.75) is 25.2 Å². The number of benzene rings is 1. The molecule has 0 spiro atoms. The summed E-state index contributed by atoms with van der Waals surface area (Å²) in [5.74, 6) is 0.416. The van der Waals surface area contributed by atoms with E-state index < -0.39 is 0 Å². The molecule has 2 aliphatic rings. The van der Waals surface area contributed by atoms with Crippen LogP contribution in [0.25, 0.3) is 0 Å². The van der Waals surface area contributed by atoms with Crippen molar-refractivity contribution in [1.29, 1.82) is 0 Å². The Morgan fingerprint density at radius 2 is 1.71 bits per heavy atom. The second-order valence-electron chi connectivity index (χ2n) is 5.37. The third kappa shape index (κ3) is 3.54. The molecule has 2 heterocycles. The number of hydrogen-bond acceptors (Lipinski definition) is 3. The summed E-state index contributed by atoms with van der Waals surface area (Å²) in [6, 6.07) is 7.85. The number of nitrogens with one attached hydrogen (secondary N) is 2. The van der Waals surface area contributed by atoms with Crippen LogP contribution in [0.2, 0.25) is 0 Å². The van der Waals surface area contributed by atoms with Gasteiger partial charge >= 0.3 is 6.03 Å². The van der Waals surface area contributed by atoms with Crippen LogP contribution < -0.4 is 15.5 Å². The van der Waals surface area contributed by atoms with E-state index in [1.165, 1.54) is 5.56 Å². The van der Waals surface area contributed by atoms with E-state index in [-0.39, 0.29) is 24.3 Å². The topological polar surface area (TPSA) is 61.4 Å². The van der Waals surface area contributed by atoms with Crippen molar-refractivity contribution in [1.82, 2.24) is 10.6 Å². The lowest BCUT2D eigenvalue weighted by molar-refractivity contribution is -0.120. The molecule has 0 unspecified atom stereocenters. The number of urea groups is 1. The maximum Gasteiger partial charge on any atom is 0.328 e. The van der Waals surface area contributed by atoms with Crippen molar-refractivity contribution in [3.8, 4) is 0 Å². The van der Waals surface area contributed by atoms with E-state index in [1.807, 2.05) is 12.1 Å². The van der Waals surface area contributed by atoms with E-state index >= 15 is 0 Å². The number of anilines is 1. The van der Waals surface area contributed by atoms with Crippen LogP contribution in [0.3, 0.4) is 0 Å². The largest absolute Gasteiger partial charge is 0.328 e. The molecule has 0 aliphatic carbocycles. The Morgan fingerprint density at radius 3 is 2.33 bits per heavy atom. The number of rotatable bonds is 2. The van der Waals surface area contributed by atoms with E-state index in [9.17, 15) is 9.59 Å². The molecule has 6 heteroatoms. The Labute approximate surface area is 130 Å². The van der Waals surface area contributed by atoms with Gasteiger partial charge in [-0.05, 0) is 49.5 Å². The molecule has 0 bridgehead atoms. The molecule has 2 saturated heterocycles. The molecule has 21 heavy (non-hydrogen) atoms. The fourth-order valence-electron chi connectivity index (χ4n) is 2.89. The number of piperidine rings is 1. The summed E-state index contributed by atoms with van der Waals surface area (Å²) in [6.07, 6.45) is 2.69. The maximum atomic E-state index is 11.8. The van der Waals surface area contributed by atoms with Crippen LogP contribution in [-0.2, 0) is 4.79 Å². The molecule has 0 radical (unpaired) electrons. The Morgan fingerprint density at radius 1 is 1.05 bits per heavy atom. The van der Waals surface area contributed by atoms with E-state index in [0.29, 0.717) is 18.9 Å². The first-order valence-corrected chi connectivity index (χ1v) is 7.16. The molecule has 1 aromatic carbocycles. The third-order valence-corrected chi connectivity index (χ3v) is 4.07. The molecule has 2 aliphatic heterocycles. The van der Waals surface area contributed by atoms with Gasteiger partial charge in [-0.25, -0.2) is 4.79 Å². The normalized spacial score (nSPS) is 19.9. The highest BCUT2D eigenvalue weighted by Gasteiger charge is 2.24. The Kier molecular flexibility index (Phi) is 5.20. The predicted molar refractivity (Wildman–Crippen MR) is 84.0 cm³/mol. The van der Waals surface area contributed by atoms with Gasteiger partial charge < -0.3 is 5.32 Å². The molecule has 0 aromatic heterocycles. The van der Waals surface area contributed by atoms with Crippen molar-refractivity contribution >= 4 is 30.0 Å². The number of carbonyl (C=O) groups is 2. The number of carbonyl (C=O) groups excluding carboxylic acids is 2. The fraction of sp³-hybridized carbons (Fsp3) is 0.467. The average Bonchev–Trinajstić information content (AvgIpc) is 2.48. The zero-order valence-electron chi connectivity index (χ0n) is 11.8. The molecule has 0 atom stereocenters. The summed E-state index contributed by atoms with van der Waals surface area (Å²) in [4.78, 5) is 24.5. The first-order valence-electron chi connectivity index (χ1n) is 7.16. The van der Waals surface area contributed by atoms with Gasteiger partial charge in [0.15, 0.2) is 0 Å². The summed E-state index contributed by atoms with van der Waals surface area (Å²) in [6.45, 7) is 2.60. The molecule has 2 N–H and O–H groups in total. The quantitative estimate of drug-likeness (QED) is 0.878. The molecule has 1 aromatic rings. The van der Waals surface area contributed by atoms with Gasteiger partial charge in [-0.1, -0.05) is 12.1 Å². The van der Waals surface area contributed by atoms with Crippen LogP contribution in [0, 0.1) is 0 Å². The number of hydrogen-bond donors (Lipinski definition) is 2. The minimum Gasteiger partial charge on any atom is -0.317 e. The number of halogens is 1. The van der Waals surface area contributed by atoms with Crippen LogP contribution in [0.1, 0.15) is 30.7 Å².